The van der Waals surface area contributed by atoms with Crippen LogP contribution in [0.2, 0.25) is 0 Å². The van der Waals surface area contributed by atoms with Crippen molar-refractivity contribution in [2.45, 2.75) is 32.7 Å². The summed E-state index contributed by atoms with van der Waals surface area (Å²) in [6, 6.07) is 1.46. The van der Waals surface area contributed by atoms with E-state index in [2.05, 4.69) is 11.4 Å². The van der Waals surface area contributed by atoms with Gasteiger partial charge in [-0.15, -0.1) is 0 Å². The van der Waals surface area contributed by atoms with Gasteiger partial charge >= 0.3 is 0 Å². The van der Waals surface area contributed by atoms with Crippen molar-refractivity contribution in [1.29, 1.82) is 5.26 Å². The first-order valence-corrected chi connectivity index (χ1v) is 7.84. The minimum atomic E-state index is -3.51. The first kappa shape index (κ1) is 15.4. The lowest BCUT2D eigenvalue weighted by Crippen LogP contribution is -2.57. The molecular weight excluding hydrogens is 252 g/mol. The Hall–Kier alpha value is -0.680. The van der Waals surface area contributed by atoms with Crippen LogP contribution >= 0.6 is 0 Å². The molecule has 1 atom stereocenters. The van der Waals surface area contributed by atoms with Crippen molar-refractivity contribution in [2.75, 3.05) is 32.7 Å². The summed E-state index contributed by atoms with van der Waals surface area (Å²) < 4.78 is 27.8. The van der Waals surface area contributed by atoms with Crippen LogP contribution in [0.3, 0.4) is 0 Å². The quantitative estimate of drug-likeness (QED) is 0.748. The van der Waals surface area contributed by atoms with Crippen LogP contribution in [0, 0.1) is 11.3 Å². The number of hydrogen-bond acceptors (Lipinski definition) is 4. The van der Waals surface area contributed by atoms with Crippen molar-refractivity contribution in [3.63, 3.8) is 0 Å². The number of hydrogen-bond donors (Lipinski definition) is 1. The lowest BCUT2D eigenvalue weighted by atomic mass is 10.3. The topological polar surface area (TPSA) is 76.4 Å². The summed E-state index contributed by atoms with van der Waals surface area (Å²) in [5.41, 5.74) is 0. The SMILES string of the molecule is CCCN(CCC)S(=O)(=O)N1CCNCC1C#N. The van der Waals surface area contributed by atoms with E-state index in [0.29, 0.717) is 32.7 Å². The van der Waals surface area contributed by atoms with E-state index in [-0.39, 0.29) is 0 Å². The summed E-state index contributed by atoms with van der Waals surface area (Å²) in [5.74, 6) is 0. The van der Waals surface area contributed by atoms with Crippen molar-refractivity contribution >= 4 is 10.2 Å². The van der Waals surface area contributed by atoms with Crippen LogP contribution in [0.5, 0.6) is 0 Å². The molecule has 0 aromatic heterocycles. The maximum atomic E-state index is 12.5. The fourth-order valence-electron chi connectivity index (χ4n) is 2.06. The summed E-state index contributed by atoms with van der Waals surface area (Å²) in [7, 11) is -3.51. The summed E-state index contributed by atoms with van der Waals surface area (Å²) in [6.07, 6.45) is 1.56. The first-order valence-electron chi connectivity index (χ1n) is 6.45. The third kappa shape index (κ3) is 3.42. The van der Waals surface area contributed by atoms with Gasteiger partial charge in [-0.2, -0.15) is 22.3 Å². The lowest BCUT2D eigenvalue weighted by Gasteiger charge is -2.35. The average Bonchev–Trinajstić information content (AvgIpc) is 2.38. The monoisotopic (exact) mass is 274 g/mol. The van der Waals surface area contributed by atoms with E-state index in [1.807, 2.05) is 13.8 Å². The van der Waals surface area contributed by atoms with E-state index in [4.69, 9.17) is 5.26 Å². The average molecular weight is 274 g/mol. The second-order valence-corrected chi connectivity index (χ2v) is 6.25. The highest BCUT2D eigenvalue weighted by Crippen LogP contribution is 2.15. The molecule has 1 N–H and O–H groups in total. The highest BCUT2D eigenvalue weighted by molar-refractivity contribution is 7.86. The molecule has 1 saturated heterocycles. The maximum absolute atomic E-state index is 12.5. The zero-order chi connectivity index (χ0) is 13.6. The normalized spacial score (nSPS) is 22.0. The van der Waals surface area contributed by atoms with Crippen molar-refractivity contribution < 1.29 is 8.42 Å². The Morgan fingerprint density at radius 1 is 1.39 bits per heavy atom. The number of nitrogens with one attached hydrogen (secondary N) is 1. The Labute approximate surface area is 110 Å². The Morgan fingerprint density at radius 3 is 2.50 bits per heavy atom. The summed E-state index contributed by atoms with van der Waals surface area (Å²) >= 11 is 0. The van der Waals surface area contributed by atoms with Crippen LogP contribution in [0.25, 0.3) is 0 Å². The third-order valence-corrected chi connectivity index (χ3v) is 4.96. The van der Waals surface area contributed by atoms with Crippen molar-refractivity contribution in [2.24, 2.45) is 0 Å². The fourth-order valence-corrected chi connectivity index (χ4v) is 3.95. The van der Waals surface area contributed by atoms with E-state index in [1.165, 1.54) is 8.61 Å². The maximum Gasteiger partial charge on any atom is 0.283 e. The highest BCUT2D eigenvalue weighted by atomic mass is 32.2. The van der Waals surface area contributed by atoms with Crippen LogP contribution in [0.4, 0.5) is 0 Å². The van der Waals surface area contributed by atoms with Gasteiger partial charge in [-0.25, -0.2) is 0 Å². The zero-order valence-electron chi connectivity index (χ0n) is 11.1. The summed E-state index contributed by atoms with van der Waals surface area (Å²) in [6.45, 7) is 6.31. The molecule has 1 unspecified atom stereocenters. The van der Waals surface area contributed by atoms with Gasteiger partial charge in [-0.3, -0.25) is 0 Å². The van der Waals surface area contributed by atoms with Crippen LogP contribution in [0.1, 0.15) is 26.7 Å². The predicted molar refractivity (Wildman–Crippen MR) is 70.1 cm³/mol. The van der Waals surface area contributed by atoms with E-state index in [1.54, 1.807) is 0 Å². The van der Waals surface area contributed by atoms with Gasteiger partial charge in [-0.1, -0.05) is 13.8 Å². The molecule has 1 aliphatic rings. The number of piperazine rings is 1. The molecule has 1 aliphatic heterocycles. The van der Waals surface area contributed by atoms with E-state index in [0.717, 1.165) is 12.8 Å². The Balaban J connectivity index is 2.91. The number of nitrogens with zero attached hydrogens (tertiary/aromatic N) is 3. The molecule has 0 saturated carbocycles. The standard InChI is InChI=1S/C11H22N4O2S/c1-3-6-14(7-4-2)18(16,17)15-8-5-13-10-11(15)9-12/h11,13H,3-8,10H2,1-2H3. The number of rotatable bonds is 6. The van der Waals surface area contributed by atoms with E-state index in [9.17, 15) is 8.42 Å². The molecule has 6 nitrogen and oxygen atoms in total. The molecule has 0 bridgehead atoms. The molecular formula is C11H22N4O2S. The van der Waals surface area contributed by atoms with Crippen LogP contribution < -0.4 is 5.32 Å². The molecule has 1 fully saturated rings. The molecule has 0 spiro atoms. The number of nitriles is 1. The highest BCUT2D eigenvalue weighted by Gasteiger charge is 2.35. The molecule has 1 rings (SSSR count). The van der Waals surface area contributed by atoms with Crippen LogP contribution in [-0.4, -0.2) is 55.8 Å². The molecule has 104 valence electrons. The van der Waals surface area contributed by atoms with Gasteiger partial charge < -0.3 is 5.32 Å². The van der Waals surface area contributed by atoms with Crippen molar-refractivity contribution in [1.82, 2.24) is 13.9 Å². The second-order valence-electron chi connectivity index (χ2n) is 4.37. The van der Waals surface area contributed by atoms with E-state index >= 15 is 0 Å². The molecule has 0 aromatic rings. The van der Waals surface area contributed by atoms with Gasteiger partial charge in [0.1, 0.15) is 6.04 Å². The summed E-state index contributed by atoms with van der Waals surface area (Å²) in [4.78, 5) is 0. The molecule has 0 amide bonds. The van der Waals surface area contributed by atoms with Crippen LogP contribution in [-0.2, 0) is 10.2 Å². The summed E-state index contributed by atoms with van der Waals surface area (Å²) in [5, 5.41) is 12.1. The molecule has 0 radical (unpaired) electrons. The van der Waals surface area contributed by atoms with Gasteiger partial charge in [-0.05, 0) is 12.8 Å². The molecule has 7 heteroatoms. The predicted octanol–water partition coefficient (Wildman–Crippen LogP) is 0.151. The zero-order valence-corrected chi connectivity index (χ0v) is 11.9. The van der Waals surface area contributed by atoms with Crippen molar-refractivity contribution in [3.05, 3.63) is 0 Å². The molecule has 1 heterocycles. The molecule has 18 heavy (non-hydrogen) atoms. The van der Waals surface area contributed by atoms with Gasteiger partial charge in [0.05, 0.1) is 6.07 Å². The van der Waals surface area contributed by atoms with Gasteiger partial charge in [0, 0.05) is 32.7 Å². The fraction of sp³-hybridized carbons (Fsp3) is 0.909. The van der Waals surface area contributed by atoms with Crippen molar-refractivity contribution in [3.8, 4) is 6.07 Å². The van der Waals surface area contributed by atoms with Gasteiger partial charge in [0.15, 0.2) is 0 Å². The van der Waals surface area contributed by atoms with Crippen LogP contribution in [0.15, 0.2) is 0 Å². The second kappa shape index (κ2) is 7.04. The Bertz CT molecular complexity index is 384. The Kier molecular flexibility index (Phi) is 6.02. The van der Waals surface area contributed by atoms with Gasteiger partial charge in [0.25, 0.3) is 10.2 Å². The minimum absolute atomic E-state index is 0.366. The largest absolute Gasteiger partial charge is 0.313 e. The smallest absolute Gasteiger partial charge is 0.283 e. The minimum Gasteiger partial charge on any atom is -0.313 e. The van der Waals surface area contributed by atoms with E-state index < -0.39 is 16.3 Å². The Morgan fingerprint density at radius 2 is 2.00 bits per heavy atom. The first-order chi connectivity index (χ1) is 8.57. The lowest BCUT2D eigenvalue weighted by molar-refractivity contribution is 0.277. The van der Waals surface area contributed by atoms with Gasteiger partial charge in [0.2, 0.25) is 0 Å². The third-order valence-electron chi connectivity index (χ3n) is 2.91. The molecule has 0 aromatic carbocycles. The molecule has 0 aliphatic carbocycles.